The van der Waals surface area contributed by atoms with Crippen LogP contribution in [0.2, 0.25) is 0 Å². The number of phenolic OH excluding ortho intramolecular Hbond substituents is 1. The Hall–Kier alpha value is -2.93. The van der Waals surface area contributed by atoms with Crippen LogP contribution in [0.15, 0.2) is 6.07 Å². The number of likely N-dealkylation sites (N-methyl/N-ethyl adjacent to an activating group) is 1. The first-order chi connectivity index (χ1) is 18.7. The van der Waals surface area contributed by atoms with Crippen LogP contribution >= 0.6 is 11.8 Å². The number of aryl methyl sites for hydroxylation is 1. The maximum absolute atomic E-state index is 12.6. The Bertz CT molecular complexity index is 1470. The van der Waals surface area contributed by atoms with E-state index in [2.05, 4.69) is 49.8 Å². The van der Waals surface area contributed by atoms with Crippen LogP contribution in [0.1, 0.15) is 68.3 Å². The number of aromatic hydroxyl groups is 1. The van der Waals surface area contributed by atoms with E-state index in [1.807, 2.05) is 6.92 Å². The molecule has 2 aromatic rings. The van der Waals surface area contributed by atoms with Gasteiger partial charge in [0.2, 0.25) is 6.79 Å². The van der Waals surface area contributed by atoms with Gasteiger partial charge in [0.05, 0.1) is 29.8 Å². The topological polar surface area (TPSA) is 95.3 Å². The minimum atomic E-state index is -0.442. The Kier molecular flexibility index (Phi) is 5.65. The van der Waals surface area contributed by atoms with E-state index in [1.165, 1.54) is 27.8 Å². The zero-order valence-electron chi connectivity index (χ0n) is 22.9. The fourth-order valence-corrected chi connectivity index (χ4v) is 9.27. The number of benzene rings is 2. The number of rotatable bonds is 0. The molecule has 0 spiro atoms. The Labute approximate surface area is 232 Å². The maximum Gasteiger partial charge on any atom is 0.306 e. The van der Waals surface area contributed by atoms with Gasteiger partial charge in [-0.05, 0) is 69.0 Å². The number of phenols is 1. The average Bonchev–Trinajstić information content (AvgIpc) is 3.40. The highest BCUT2D eigenvalue weighted by Crippen LogP contribution is 2.63. The number of ether oxygens (including phenoxy) is 3. The van der Waals surface area contributed by atoms with Crippen molar-refractivity contribution in [3.63, 3.8) is 0 Å². The molecule has 2 saturated heterocycles. The van der Waals surface area contributed by atoms with Crippen LogP contribution in [0, 0.1) is 39.0 Å². The van der Waals surface area contributed by atoms with Gasteiger partial charge >= 0.3 is 5.97 Å². The molecule has 5 heterocycles. The van der Waals surface area contributed by atoms with Crippen molar-refractivity contribution in [2.24, 2.45) is 0 Å². The van der Waals surface area contributed by atoms with Crippen molar-refractivity contribution in [3.05, 3.63) is 50.6 Å². The summed E-state index contributed by atoms with van der Waals surface area (Å²) in [6.45, 7) is 8.61. The van der Waals surface area contributed by atoms with Gasteiger partial charge in [-0.2, -0.15) is 17.0 Å². The highest BCUT2D eigenvalue weighted by molar-refractivity contribution is 7.99. The lowest BCUT2D eigenvalue weighted by Crippen LogP contribution is -2.69. The van der Waals surface area contributed by atoms with Crippen LogP contribution in [0.25, 0.3) is 0 Å². The molecule has 2 fully saturated rings. The number of fused-ring (bicyclic) bond motifs is 9. The molecule has 5 aliphatic rings. The largest absolute Gasteiger partial charge is 0.507 e. The van der Waals surface area contributed by atoms with Crippen LogP contribution in [0.4, 0.5) is 0 Å². The number of thioether (sulfide) groups is 1. The maximum atomic E-state index is 12.6. The molecule has 9 heteroatoms. The first-order valence-corrected chi connectivity index (χ1v) is 14.7. The lowest BCUT2D eigenvalue weighted by atomic mass is 9.70. The van der Waals surface area contributed by atoms with Crippen molar-refractivity contribution >= 4 is 17.7 Å². The van der Waals surface area contributed by atoms with E-state index in [-0.39, 0.29) is 48.5 Å². The van der Waals surface area contributed by atoms with E-state index in [9.17, 15) is 15.2 Å². The summed E-state index contributed by atoms with van der Waals surface area (Å²) >= 11 is 1.67. The lowest BCUT2D eigenvalue weighted by Gasteiger charge is -2.62. The minimum absolute atomic E-state index is 0.0102. The van der Waals surface area contributed by atoms with Crippen LogP contribution in [0.3, 0.4) is 0 Å². The number of nitriles is 1. The van der Waals surface area contributed by atoms with Crippen LogP contribution in [0.5, 0.6) is 17.2 Å². The number of carbonyl (C=O) groups excluding carboxylic acids is 1. The number of nitrogens with zero attached hydrogens (tertiary/aromatic N) is 3. The van der Waals surface area contributed by atoms with E-state index in [0.29, 0.717) is 29.2 Å². The number of hydrogen-bond donors (Lipinski definition) is 1. The molecule has 0 amide bonds. The van der Waals surface area contributed by atoms with Crippen molar-refractivity contribution in [2.75, 3.05) is 26.2 Å². The quantitative estimate of drug-likeness (QED) is 0.484. The zero-order chi connectivity index (χ0) is 27.3. The summed E-state index contributed by atoms with van der Waals surface area (Å²) in [5, 5.41) is 22.3. The zero-order valence-corrected chi connectivity index (χ0v) is 23.7. The predicted molar refractivity (Wildman–Crippen MR) is 146 cm³/mol. The first-order valence-electron chi connectivity index (χ1n) is 13.6. The molecule has 0 radical (unpaired) electrons. The summed E-state index contributed by atoms with van der Waals surface area (Å²) in [6, 6.07) is 3.96. The van der Waals surface area contributed by atoms with Crippen LogP contribution in [-0.4, -0.2) is 65.2 Å². The minimum Gasteiger partial charge on any atom is -0.507 e. The van der Waals surface area contributed by atoms with Gasteiger partial charge in [-0.3, -0.25) is 14.6 Å². The van der Waals surface area contributed by atoms with Gasteiger partial charge in [0.1, 0.15) is 18.4 Å². The number of esters is 1. The Morgan fingerprint density at radius 3 is 2.59 bits per heavy atom. The SMILES string of the molecule is Cc1cc2c(c(C)c1C)[C@@H]1C3[C@@H]4SCCC(=O)OC[C@@H](c5c6c(c(C)c(O)c54)OCO6)N3[C@@H](C#N)[C@H](C2)N1C. The summed E-state index contributed by atoms with van der Waals surface area (Å²) in [6.07, 6.45) is 1.08. The fraction of sp³-hybridized carbons (Fsp3) is 0.533. The third-order valence-electron chi connectivity index (χ3n) is 9.86. The molecule has 39 heavy (non-hydrogen) atoms. The summed E-state index contributed by atoms with van der Waals surface area (Å²) in [5.41, 5.74) is 8.83. The lowest BCUT2D eigenvalue weighted by molar-refractivity contribution is -0.149. The molecule has 0 aliphatic carbocycles. The van der Waals surface area contributed by atoms with Crippen molar-refractivity contribution in [1.82, 2.24) is 9.80 Å². The summed E-state index contributed by atoms with van der Waals surface area (Å²) < 4.78 is 17.7. The van der Waals surface area contributed by atoms with E-state index >= 15 is 0 Å². The molecule has 2 aromatic carbocycles. The smallest absolute Gasteiger partial charge is 0.306 e. The van der Waals surface area contributed by atoms with Crippen molar-refractivity contribution in [3.8, 4) is 23.3 Å². The second kappa shape index (κ2) is 8.79. The van der Waals surface area contributed by atoms with E-state index in [4.69, 9.17) is 14.2 Å². The van der Waals surface area contributed by atoms with Crippen molar-refractivity contribution in [1.29, 1.82) is 5.26 Å². The Morgan fingerprint density at radius 1 is 1.05 bits per heavy atom. The summed E-state index contributed by atoms with van der Waals surface area (Å²) in [4.78, 5) is 17.4. The molecule has 6 atom stereocenters. The highest BCUT2D eigenvalue weighted by atomic mass is 32.2. The van der Waals surface area contributed by atoms with Gasteiger partial charge in [0, 0.05) is 34.5 Å². The molecule has 1 N–H and O–H groups in total. The molecular weight excluding hydrogens is 514 g/mol. The summed E-state index contributed by atoms with van der Waals surface area (Å²) in [5.74, 6) is 1.68. The molecule has 7 rings (SSSR count). The van der Waals surface area contributed by atoms with Gasteiger partial charge in [0.15, 0.2) is 11.5 Å². The Morgan fingerprint density at radius 2 is 1.82 bits per heavy atom. The average molecular weight is 548 g/mol. The molecule has 4 bridgehead atoms. The van der Waals surface area contributed by atoms with Crippen molar-refractivity contribution in [2.45, 2.75) is 76.0 Å². The van der Waals surface area contributed by atoms with Crippen LogP contribution in [-0.2, 0) is 16.0 Å². The molecule has 0 aromatic heterocycles. The van der Waals surface area contributed by atoms with Crippen molar-refractivity contribution < 1.29 is 24.1 Å². The van der Waals surface area contributed by atoms with Gasteiger partial charge in [-0.15, -0.1) is 0 Å². The highest BCUT2D eigenvalue weighted by Gasteiger charge is 2.59. The third-order valence-corrected chi connectivity index (χ3v) is 11.2. The molecular formula is C30H33N3O5S. The van der Waals surface area contributed by atoms with Gasteiger partial charge < -0.3 is 19.3 Å². The number of carbonyl (C=O) groups is 1. The molecule has 1 unspecified atom stereocenters. The normalized spacial score (nSPS) is 31.1. The number of cyclic esters (lactones) is 1. The molecule has 204 valence electrons. The molecule has 0 saturated carbocycles. The van der Waals surface area contributed by atoms with Crippen LogP contribution < -0.4 is 9.47 Å². The Balaban J connectivity index is 1.54. The number of piperazine rings is 1. The second-order valence-corrected chi connectivity index (χ2v) is 12.8. The third kappa shape index (κ3) is 3.28. The second-order valence-electron chi connectivity index (χ2n) is 11.5. The predicted octanol–water partition coefficient (Wildman–Crippen LogP) is 4.30. The van der Waals surface area contributed by atoms with Gasteiger partial charge in [-0.1, -0.05) is 6.07 Å². The fourth-order valence-electron chi connectivity index (χ4n) is 7.84. The summed E-state index contributed by atoms with van der Waals surface area (Å²) in [7, 11) is 2.15. The molecule has 8 nitrogen and oxygen atoms in total. The standard InChI is InChI=1S/C30H33N3O5S/c1-13-8-17-9-18-19(10-31)33-20-11-36-21(34)6-7-39-30(26(33)25(32(18)5)22(17)15(3)14(13)2)24-23(20)29-28(37-12-38-29)16(4)27(24)35/h8,18-20,25-26,30,35H,6-7,9,11-12H2,1-5H3/t18-,19-,20-,25+,26?,30+/m0/s1. The van der Waals surface area contributed by atoms with Gasteiger partial charge in [0.25, 0.3) is 0 Å². The number of hydrogen-bond acceptors (Lipinski definition) is 9. The van der Waals surface area contributed by atoms with E-state index in [1.54, 1.807) is 11.8 Å². The first kappa shape index (κ1) is 25.1. The molecule has 5 aliphatic heterocycles. The van der Waals surface area contributed by atoms with Gasteiger partial charge in [-0.25, -0.2) is 0 Å². The van der Waals surface area contributed by atoms with E-state index < -0.39 is 12.1 Å². The monoisotopic (exact) mass is 547 g/mol. The van der Waals surface area contributed by atoms with E-state index in [0.717, 1.165) is 17.5 Å².